The first kappa shape index (κ1) is 6.30. The largest absolute Gasteiger partial charge is 0.289 e. The van der Waals surface area contributed by atoms with Crippen molar-refractivity contribution >= 4 is 0 Å². The summed E-state index contributed by atoms with van der Waals surface area (Å²) in [6.07, 6.45) is 12.2. The van der Waals surface area contributed by atoms with Crippen LogP contribution in [0.2, 0.25) is 0 Å². The third-order valence-corrected chi connectivity index (χ3v) is 2.68. The van der Waals surface area contributed by atoms with Gasteiger partial charge in [0.15, 0.2) is 0 Å². The van der Waals surface area contributed by atoms with E-state index < -0.39 is 0 Å². The summed E-state index contributed by atoms with van der Waals surface area (Å²) < 4.78 is 0. The molecule has 1 atom stereocenters. The SMILES string of the molecule is C1=CC2=CC3CC[N]C3=CC2=C1. The van der Waals surface area contributed by atoms with Gasteiger partial charge in [0.1, 0.15) is 0 Å². The average molecular weight is 156 g/mol. The summed E-state index contributed by atoms with van der Waals surface area (Å²) in [7, 11) is 0. The van der Waals surface area contributed by atoms with Gasteiger partial charge >= 0.3 is 0 Å². The second-order valence-electron chi connectivity index (χ2n) is 3.45. The summed E-state index contributed by atoms with van der Waals surface area (Å²) in [5.41, 5.74) is 4.02. The molecule has 3 rings (SSSR count). The fourth-order valence-electron chi connectivity index (χ4n) is 2.03. The summed E-state index contributed by atoms with van der Waals surface area (Å²) in [6, 6.07) is 0. The molecule has 0 N–H and O–H groups in total. The standard InChI is InChI=1S/C11H10N/c1-2-8-6-10-4-5-12-11(10)7-9(8)3-1/h1-3,6-7,10H,4-5H2. The van der Waals surface area contributed by atoms with Gasteiger partial charge in [-0.05, 0) is 23.6 Å². The van der Waals surface area contributed by atoms with E-state index in [1.807, 2.05) is 0 Å². The van der Waals surface area contributed by atoms with E-state index in [0.717, 1.165) is 6.54 Å². The maximum Gasteiger partial charge on any atom is 0.0424 e. The zero-order valence-electron chi connectivity index (χ0n) is 6.83. The highest BCUT2D eigenvalue weighted by atomic mass is 14.9. The van der Waals surface area contributed by atoms with Gasteiger partial charge in [0.05, 0.1) is 0 Å². The highest BCUT2D eigenvalue weighted by Gasteiger charge is 2.25. The molecule has 12 heavy (non-hydrogen) atoms. The van der Waals surface area contributed by atoms with Crippen LogP contribution in [0.5, 0.6) is 0 Å². The van der Waals surface area contributed by atoms with Gasteiger partial charge in [-0.15, -0.1) is 0 Å². The third kappa shape index (κ3) is 0.737. The van der Waals surface area contributed by atoms with Crippen LogP contribution < -0.4 is 5.32 Å². The molecule has 0 saturated carbocycles. The molecule has 0 aromatic carbocycles. The Kier molecular flexibility index (Phi) is 1.12. The number of fused-ring (bicyclic) bond motifs is 2. The molecule has 3 aliphatic rings. The quantitative estimate of drug-likeness (QED) is 0.509. The molecule has 1 saturated heterocycles. The minimum atomic E-state index is 0.611. The van der Waals surface area contributed by atoms with Gasteiger partial charge in [-0.25, -0.2) is 0 Å². The van der Waals surface area contributed by atoms with Crippen LogP contribution in [-0.2, 0) is 0 Å². The second kappa shape index (κ2) is 2.13. The Hall–Kier alpha value is -1.24. The van der Waals surface area contributed by atoms with Crippen molar-refractivity contribution in [3.63, 3.8) is 0 Å². The van der Waals surface area contributed by atoms with E-state index in [9.17, 15) is 0 Å². The third-order valence-electron chi connectivity index (χ3n) is 2.68. The fourth-order valence-corrected chi connectivity index (χ4v) is 2.03. The molecule has 0 bridgehead atoms. The lowest BCUT2D eigenvalue weighted by Gasteiger charge is -2.13. The first-order valence-electron chi connectivity index (χ1n) is 4.43. The van der Waals surface area contributed by atoms with Crippen LogP contribution in [0, 0.1) is 5.92 Å². The van der Waals surface area contributed by atoms with Crippen molar-refractivity contribution in [2.45, 2.75) is 6.42 Å². The Bertz CT molecular complexity index is 342. The summed E-state index contributed by atoms with van der Waals surface area (Å²) in [6.45, 7) is 1.01. The zero-order valence-corrected chi connectivity index (χ0v) is 6.83. The molecule has 1 fully saturated rings. The Morgan fingerprint density at radius 2 is 2.33 bits per heavy atom. The van der Waals surface area contributed by atoms with Gasteiger partial charge in [-0.2, -0.15) is 0 Å². The van der Waals surface area contributed by atoms with Crippen molar-refractivity contribution in [2.24, 2.45) is 5.92 Å². The normalized spacial score (nSPS) is 30.0. The van der Waals surface area contributed by atoms with E-state index in [-0.39, 0.29) is 0 Å². The van der Waals surface area contributed by atoms with Crippen molar-refractivity contribution in [3.8, 4) is 0 Å². The zero-order chi connectivity index (χ0) is 7.97. The van der Waals surface area contributed by atoms with Crippen molar-refractivity contribution in [2.75, 3.05) is 6.54 Å². The van der Waals surface area contributed by atoms with Crippen LogP contribution >= 0.6 is 0 Å². The second-order valence-corrected chi connectivity index (χ2v) is 3.45. The first-order valence-corrected chi connectivity index (χ1v) is 4.43. The summed E-state index contributed by atoms with van der Waals surface area (Å²) in [4.78, 5) is 0. The molecule has 0 aromatic heterocycles. The molecule has 2 aliphatic carbocycles. The average Bonchev–Trinajstić information content (AvgIpc) is 2.64. The first-order chi connectivity index (χ1) is 5.93. The maximum atomic E-state index is 4.47. The minimum absolute atomic E-state index is 0.611. The van der Waals surface area contributed by atoms with E-state index >= 15 is 0 Å². The highest BCUT2D eigenvalue weighted by Crippen LogP contribution is 2.34. The molecule has 1 unspecified atom stereocenters. The fraction of sp³-hybridized carbons (Fsp3) is 0.273. The van der Waals surface area contributed by atoms with Gasteiger partial charge in [-0.3, -0.25) is 5.32 Å². The van der Waals surface area contributed by atoms with Gasteiger partial charge in [0.25, 0.3) is 0 Å². The van der Waals surface area contributed by atoms with Crippen molar-refractivity contribution in [1.82, 2.24) is 5.32 Å². The van der Waals surface area contributed by atoms with Crippen LogP contribution in [0.25, 0.3) is 0 Å². The summed E-state index contributed by atoms with van der Waals surface area (Å²) in [5, 5.41) is 4.47. The van der Waals surface area contributed by atoms with Crippen molar-refractivity contribution in [1.29, 1.82) is 0 Å². The van der Waals surface area contributed by atoms with Gasteiger partial charge < -0.3 is 0 Å². The molecule has 0 amide bonds. The lowest BCUT2D eigenvalue weighted by molar-refractivity contribution is 0.786. The van der Waals surface area contributed by atoms with Gasteiger partial charge in [-0.1, -0.05) is 24.3 Å². The minimum Gasteiger partial charge on any atom is -0.289 e. The smallest absolute Gasteiger partial charge is 0.0424 e. The molecule has 59 valence electrons. The molecular weight excluding hydrogens is 146 g/mol. The van der Waals surface area contributed by atoms with Crippen LogP contribution in [0.4, 0.5) is 0 Å². The number of hydrogen-bond acceptors (Lipinski definition) is 0. The van der Waals surface area contributed by atoms with Crippen LogP contribution in [0.1, 0.15) is 6.42 Å². The molecule has 0 spiro atoms. The maximum absolute atomic E-state index is 4.47. The van der Waals surface area contributed by atoms with E-state index in [0.29, 0.717) is 5.92 Å². The van der Waals surface area contributed by atoms with E-state index in [1.54, 1.807) is 0 Å². The van der Waals surface area contributed by atoms with Crippen LogP contribution in [0.15, 0.2) is 47.2 Å². The summed E-state index contributed by atoms with van der Waals surface area (Å²) in [5.74, 6) is 0.611. The summed E-state index contributed by atoms with van der Waals surface area (Å²) >= 11 is 0. The van der Waals surface area contributed by atoms with Gasteiger partial charge in [0, 0.05) is 18.2 Å². The van der Waals surface area contributed by atoms with E-state index in [4.69, 9.17) is 0 Å². The van der Waals surface area contributed by atoms with Crippen LogP contribution in [-0.4, -0.2) is 6.54 Å². The predicted octanol–water partition coefficient (Wildman–Crippen LogP) is 1.93. The molecule has 1 aliphatic heterocycles. The molecule has 0 aromatic rings. The molecular formula is C11H10N. The van der Waals surface area contributed by atoms with Crippen molar-refractivity contribution < 1.29 is 0 Å². The number of nitrogens with zero attached hydrogens (tertiary/aromatic N) is 1. The number of hydrogen-bond donors (Lipinski definition) is 0. The lowest BCUT2D eigenvalue weighted by atomic mass is 9.92. The highest BCUT2D eigenvalue weighted by molar-refractivity contribution is 5.58. The Labute approximate surface area is 72.2 Å². The molecule has 1 heterocycles. The number of allylic oxidation sites excluding steroid dienone is 7. The molecule has 1 radical (unpaired) electrons. The Morgan fingerprint density at radius 3 is 3.33 bits per heavy atom. The lowest BCUT2D eigenvalue weighted by Crippen LogP contribution is -2.04. The Balaban J connectivity index is 2.08. The Morgan fingerprint density at radius 1 is 1.33 bits per heavy atom. The van der Waals surface area contributed by atoms with Gasteiger partial charge in [0.2, 0.25) is 0 Å². The topological polar surface area (TPSA) is 14.1 Å². The molecule has 1 nitrogen and oxygen atoms in total. The monoisotopic (exact) mass is 156 g/mol. The van der Waals surface area contributed by atoms with E-state index in [2.05, 4.69) is 35.7 Å². The van der Waals surface area contributed by atoms with Crippen LogP contribution in [0.3, 0.4) is 0 Å². The molecule has 1 heteroatoms. The number of rotatable bonds is 0. The van der Waals surface area contributed by atoms with Crippen molar-refractivity contribution in [3.05, 3.63) is 47.2 Å². The predicted molar refractivity (Wildman–Crippen MR) is 48.5 cm³/mol. The van der Waals surface area contributed by atoms with E-state index in [1.165, 1.54) is 23.3 Å².